The predicted molar refractivity (Wildman–Crippen MR) is 117 cm³/mol. The molecule has 0 aliphatic heterocycles. The second kappa shape index (κ2) is 9.18. The number of benzene rings is 2. The van der Waals surface area contributed by atoms with Crippen LogP contribution in [0.5, 0.6) is 11.5 Å². The van der Waals surface area contributed by atoms with Crippen molar-refractivity contribution in [3.05, 3.63) is 54.1 Å². The van der Waals surface area contributed by atoms with E-state index < -0.39 is 10.0 Å². The Bertz CT molecular complexity index is 897. The van der Waals surface area contributed by atoms with Crippen molar-refractivity contribution in [2.24, 2.45) is 5.41 Å². The molecular weight excluding hydrogens is 386 g/mol. The normalized spacial score (nSPS) is 12.6. The van der Waals surface area contributed by atoms with Gasteiger partial charge in [0.2, 0.25) is 10.0 Å². The van der Waals surface area contributed by atoms with Crippen molar-refractivity contribution >= 4 is 10.0 Å². The molecule has 160 valence electrons. The third-order valence-corrected chi connectivity index (χ3v) is 6.08. The lowest BCUT2D eigenvalue weighted by Gasteiger charge is -2.33. The molecule has 0 unspecified atom stereocenters. The average molecular weight is 420 g/mol. The minimum Gasteiger partial charge on any atom is -0.497 e. The summed E-state index contributed by atoms with van der Waals surface area (Å²) < 4.78 is 38.0. The van der Waals surface area contributed by atoms with Crippen LogP contribution >= 0.6 is 0 Å². The number of ether oxygens (including phenoxy) is 2. The molecule has 2 aromatic carbocycles. The molecule has 0 aromatic heterocycles. The highest BCUT2D eigenvalue weighted by atomic mass is 32.2. The van der Waals surface area contributed by atoms with E-state index >= 15 is 0 Å². The second-order valence-electron chi connectivity index (χ2n) is 9.07. The molecule has 5 nitrogen and oxygen atoms in total. The summed E-state index contributed by atoms with van der Waals surface area (Å²) in [5, 5.41) is 0. The van der Waals surface area contributed by atoms with Crippen LogP contribution in [0.4, 0.5) is 0 Å². The summed E-state index contributed by atoms with van der Waals surface area (Å²) >= 11 is 0. The molecule has 0 saturated carbocycles. The number of sulfonamides is 1. The zero-order chi connectivity index (χ0) is 21.7. The van der Waals surface area contributed by atoms with Gasteiger partial charge in [-0.1, -0.05) is 52.8 Å². The van der Waals surface area contributed by atoms with Gasteiger partial charge in [0.05, 0.1) is 12.0 Å². The van der Waals surface area contributed by atoms with Crippen LogP contribution in [0.25, 0.3) is 0 Å². The summed E-state index contributed by atoms with van der Waals surface area (Å²) in [6.07, 6.45) is 1.08. The Labute approximate surface area is 175 Å². The highest BCUT2D eigenvalue weighted by Gasteiger charge is 2.27. The first-order valence-corrected chi connectivity index (χ1v) is 11.3. The summed E-state index contributed by atoms with van der Waals surface area (Å²) in [5.41, 5.74) is 1.58. The molecule has 6 heteroatoms. The third-order valence-electron chi connectivity index (χ3n) is 4.62. The molecule has 0 atom stereocenters. The zero-order valence-electron chi connectivity index (χ0n) is 18.3. The van der Waals surface area contributed by atoms with Gasteiger partial charge < -0.3 is 9.47 Å². The van der Waals surface area contributed by atoms with E-state index in [1.165, 1.54) is 24.8 Å². The molecule has 1 N–H and O–H groups in total. The van der Waals surface area contributed by atoms with Gasteiger partial charge in [0.1, 0.15) is 18.1 Å². The highest BCUT2D eigenvalue weighted by molar-refractivity contribution is 7.89. The van der Waals surface area contributed by atoms with Crippen molar-refractivity contribution in [3.63, 3.8) is 0 Å². The monoisotopic (exact) mass is 419 g/mol. The van der Waals surface area contributed by atoms with Gasteiger partial charge in [-0.15, -0.1) is 0 Å². The molecule has 0 heterocycles. The first-order chi connectivity index (χ1) is 13.4. The van der Waals surface area contributed by atoms with Gasteiger partial charge in [-0.3, -0.25) is 0 Å². The van der Waals surface area contributed by atoms with Crippen LogP contribution < -0.4 is 14.2 Å². The van der Waals surface area contributed by atoms with Gasteiger partial charge in [-0.2, -0.15) is 0 Å². The van der Waals surface area contributed by atoms with Crippen molar-refractivity contribution < 1.29 is 17.9 Å². The van der Waals surface area contributed by atoms with Crippen LogP contribution in [0.2, 0.25) is 0 Å². The number of methoxy groups -OCH3 is 1. The fraction of sp³-hybridized carbons (Fsp3) is 0.478. The van der Waals surface area contributed by atoms with Gasteiger partial charge in [0.25, 0.3) is 0 Å². The topological polar surface area (TPSA) is 64.6 Å². The lowest BCUT2D eigenvalue weighted by Crippen LogP contribution is -2.28. The number of hydrogen-bond acceptors (Lipinski definition) is 4. The van der Waals surface area contributed by atoms with Crippen molar-refractivity contribution in [2.75, 3.05) is 20.3 Å². The van der Waals surface area contributed by atoms with E-state index in [1.54, 1.807) is 12.1 Å². The van der Waals surface area contributed by atoms with Gasteiger partial charge in [0, 0.05) is 12.6 Å². The molecule has 0 fully saturated rings. The van der Waals surface area contributed by atoms with Crippen molar-refractivity contribution in [1.82, 2.24) is 4.72 Å². The van der Waals surface area contributed by atoms with Crippen LogP contribution in [0.15, 0.2) is 53.4 Å². The summed E-state index contributed by atoms with van der Waals surface area (Å²) in [7, 11) is -2.10. The van der Waals surface area contributed by atoms with Crippen LogP contribution in [0.1, 0.15) is 46.6 Å². The highest BCUT2D eigenvalue weighted by Crippen LogP contribution is 2.36. The smallest absolute Gasteiger partial charge is 0.240 e. The van der Waals surface area contributed by atoms with Crippen LogP contribution in [-0.2, 0) is 15.4 Å². The maximum absolute atomic E-state index is 12.4. The van der Waals surface area contributed by atoms with E-state index in [1.807, 2.05) is 12.1 Å². The van der Waals surface area contributed by atoms with E-state index in [4.69, 9.17) is 9.47 Å². The summed E-state index contributed by atoms with van der Waals surface area (Å²) in [5.74, 6) is 1.22. The first-order valence-electron chi connectivity index (χ1n) is 9.80. The Balaban J connectivity index is 1.89. The summed E-state index contributed by atoms with van der Waals surface area (Å²) in [6, 6.07) is 14.4. The standard InChI is InChI=1S/C23H33NO4S/c1-22(2,3)17-23(4,5)18-10-12-19(13-11-18)28-15-14-24-29(25,26)21-9-7-8-20(16-21)27-6/h7-13,16,24H,14-15,17H2,1-6H3. The summed E-state index contributed by atoms with van der Waals surface area (Å²) in [4.78, 5) is 0.169. The molecule has 29 heavy (non-hydrogen) atoms. The molecule has 0 bridgehead atoms. The Hall–Kier alpha value is -2.05. The molecular formula is C23H33NO4S. The summed E-state index contributed by atoms with van der Waals surface area (Å²) in [6.45, 7) is 11.7. The number of hydrogen-bond donors (Lipinski definition) is 1. The maximum atomic E-state index is 12.4. The van der Waals surface area contributed by atoms with Crippen molar-refractivity contribution in [1.29, 1.82) is 0 Å². The third kappa shape index (κ3) is 7.05. The van der Waals surface area contributed by atoms with E-state index in [0.29, 0.717) is 5.75 Å². The molecule has 0 spiro atoms. The van der Waals surface area contributed by atoms with E-state index in [-0.39, 0.29) is 28.9 Å². The van der Waals surface area contributed by atoms with Crippen molar-refractivity contribution in [3.8, 4) is 11.5 Å². The molecule has 0 radical (unpaired) electrons. The molecule has 0 amide bonds. The van der Waals surface area contributed by atoms with Gasteiger partial charge in [0.15, 0.2) is 0 Å². The fourth-order valence-electron chi connectivity index (χ4n) is 3.63. The minimum atomic E-state index is -3.60. The minimum absolute atomic E-state index is 0.0726. The molecule has 0 aliphatic carbocycles. The largest absolute Gasteiger partial charge is 0.497 e. The average Bonchev–Trinajstić information content (AvgIpc) is 2.64. The van der Waals surface area contributed by atoms with Gasteiger partial charge in [-0.05, 0) is 47.1 Å². The van der Waals surface area contributed by atoms with E-state index in [2.05, 4.69) is 51.5 Å². The van der Waals surface area contributed by atoms with Gasteiger partial charge in [-0.25, -0.2) is 13.1 Å². The molecule has 0 saturated heterocycles. The lowest BCUT2D eigenvalue weighted by molar-refractivity contribution is 0.283. The Morgan fingerprint density at radius 3 is 2.17 bits per heavy atom. The van der Waals surface area contributed by atoms with E-state index in [0.717, 1.165) is 12.2 Å². The Morgan fingerprint density at radius 2 is 1.59 bits per heavy atom. The molecule has 0 aliphatic rings. The van der Waals surface area contributed by atoms with Crippen LogP contribution in [0, 0.1) is 5.41 Å². The maximum Gasteiger partial charge on any atom is 0.240 e. The quantitative estimate of drug-likeness (QED) is 0.595. The lowest BCUT2D eigenvalue weighted by atomic mass is 9.72. The van der Waals surface area contributed by atoms with E-state index in [9.17, 15) is 8.42 Å². The van der Waals surface area contributed by atoms with Crippen molar-refractivity contribution in [2.45, 2.75) is 51.3 Å². The Kier molecular flexibility index (Phi) is 7.35. The predicted octanol–water partition coefficient (Wildman–Crippen LogP) is 4.77. The number of nitrogens with one attached hydrogen (secondary N) is 1. The fourth-order valence-corrected chi connectivity index (χ4v) is 4.67. The van der Waals surface area contributed by atoms with Crippen LogP contribution in [0.3, 0.4) is 0 Å². The second-order valence-corrected chi connectivity index (χ2v) is 10.8. The molecule has 2 aromatic rings. The first kappa shape index (κ1) is 23.2. The SMILES string of the molecule is COc1cccc(S(=O)(=O)NCCOc2ccc(C(C)(C)CC(C)(C)C)cc2)c1. The molecule has 2 rings (SSSR count). The van der Waals surface area contributed by atoms with Crippen LogP contribution in [-0.4, -0.2) is 28.7 Å². The number of rotatable bonds is 9. The Morgan fingerprint density at radius 1 is 0.931 bits per heavy atom. The zero-order valence-corrected chi connectivity index (χ0v) is 19.1. The van der Waals surface area contributed by atoms with Gasteiger partial charge >= 0.3 is 0 Å².